The molecule has 0 amide bonds. The number of allylic oxidation sites excluding steroid dienone is 2. The Kier molecular flexibility index (Phi) is 2.48. The minimum atomic E-state index is -2.94. The summed E-state index contributed by atoms with van der Waals surface area (Å²) in [7, 11) is -2.94. The molecule has 2 nitrogen and oxygen atoms in total. The lowest BCUT2D eigenvalue weighted by Crippen LogP contribution is -1.86. The van der Waals surface area contributed by atoms with Crippen molar-refractivity contribution < 1.29 is 8.42 Å². The molecule has 0 atom stereocenters. The molecule has 0 aliphatic rings. The second-order valence-corrected chi connectivity index (χ2v) is 3.32. The van der Waals surface area contributed by atoms with E-state index >= 15 is 0 Å². The zero-order valence-corrected chi connectivity index (χ0v) is 5.48. The average Bonchev–Trinajstić information content (AvgIpc) is 1.59. The zero-order chi connectivity index (χ0) is 6.62. The molecule has 0 aromatic rings. The highest BCUT2D eigenvalue weighted by Gasteiger charge is 1.88. The lowest BCUT2D eigenvalue weighted by molar-refractivity contribution is 0.610. The predicted molar refractivity (Wildman–Crippen MR) is 34.2 cm³/mol. The second kappa shape index (κ2) is 2.67. The maximum atomic E-state index is 10.3. The Balaban J connectivity index is 4.12. The molecule has 0 bridgehead atoms. The first-order valence-electron chi connectivity index (χ1n) is 2.05. The molecule has 0 saturated heterocycles. The number of rotatable bonds is 2. The van der Waals surface area contributed by atoms with Crippen LogP contribution in [0.15, 0.2) is 24.1 Å². The van der Waals surface area contributed by atoms with E-state index in [9.17, 15) is 8.42 Å². The van der Waals surface area contributed by atoms with Crippen molar-refractivity contribution in [3.63, 3.8) is 0 Å². The third-order valence-corrected chi connectivity index (χ3v) is 1.11. The molecule has 46 valence electrons. The monoisotopic (exact) mass is 132 g/mol. The van der Waals surface area contributed by atoms with Crippen LogP contribution in [0.3, 0.4) is 0 Å². The molecule has 0 fully saturated rings. The Hall–Kier alpha value is -0.570. The molecule has 0 aliphatic carbocycles. The van der Waals surface area contributed by atoms with Crippen LogP contribution in [0.1, 0.15) is 0 Å². The molecule has 0 spiro atoms. The van der Waals surface area contributed by atoms with Gasteiger partial charge in [-0.15, -0.1) is 0 Å². The van der Waals surface area contributed by atoms with Crippen molar-refractivity contribution in [3.05, 3.63) is 24.1 Å². The van der Waals surface area contributed by atoms with Gasteiger partial charge in [0.1, 0.15) is 0 Å². The smallest absolute Gasteiger partial charge is 0.168 e. The quantitative estimate of drug-likeness (QED) is 0.519. The lowest BCUT2D eigenvalue weighted by Gasteiger charge is -1.78. The van der Waals surface area contributed by atoms with E-state index < -0.39 is 9.84 Å². The van der Waals surface area contributed by atoms with Crippen molar-refractivity contribution in [2.24, 2.45) is 0 Å². The lowest BCUT2D eigenvalue weighted by atomic mass is 10.6. The van der Waals surface area contributed by atoms with Gasteiger partial charge in [-0.3, -0.25) is 0 Å². The highest BCUT2D eigenvalue weighted by Crippen LogP contribution is 1.83. The largest absolute Gasteiger partial charge is 0.225 e. The van der Waals surface area contributed by atoms with Crippen LogP contribution in [-0.4, -0.2) is 14.7 Å². The normalized spacial score (nSPS) is 12.1. The minimum absolute atomic E-state index is 1.10. The van der Waals surface area contributed by atoms with Gasteiger partial charge < -0.3 is 0 Å². The van der Waals surface area contributed by atoms with Gasteiger partial charge in [-0.2, -0.15) is 0 Å². The van der Waals surface area contributed by atoms with Crippen molar-refractivity contribution in [2.45, 2.75) is 0 Å². The fraction of sp³-hybridized carbons (Fsp3) is 0.200. The SMILES string of the molecule is C=C/C=C/S(C)(=O)=O. The molecule has 0 radical (unpaired) electrons. The highest BCUT2D eigenvalue weighted by molar-refractivity contribution is 7.93. The summed E-state index contributed by atoms with van der Waals surface area (Å²) in [5.41, 5.74) is 0. The highest BCUT2D eigenvalue weighted by atomic mass is 32.2. The molecule has 8 heavy (non-hydrogen) atoms. The van der Waals surface area contributed by atoms with E-state index in [4.69, 9.17) is 0 Å². The first-order chi connectivity index (χ1) is 3.56. The summed E-state index contributed by atoms with van der Waals surface area (Å²) in [5.74, 6) is 0. The van der Waals surface area contributed by atoms with E-state index in [1.165, 1.54) is 12.2 Å². The number of sulfone groups is 1. The molecule has 0 aromatic heterocycles. The zero-order valence-electron chi connectivity index (χ0n) is 4.66. The minimum Gasteiger partial charge on any atom is -0.225 e. The van der Waals surface area contributed by atoms with Crippen LogP contribution in [0.4, 0.5) is 0 Å². The molecule has 0 unspecified atom stereocenters. The Bertz CT molecular complexity index is 186. The number of hydrogen-bond donors (Lipinski definition) is 0. The Labute approximate surface area is 49.4 Å². The molecule has 0 heterocycles. The molecular weight excluding hydrogens is 124 g/mol. The fourth-order valence-electron chi connectivity index (χ4n) is 0.198. The molecule has 0 rings (SSSR count). The Morgan fingerprint density at radius 2 is 2.00 bits per heavy atom. The molecule has 3 heteroatoms. The standard InChI is InChI=1S/C5H8O2S/c1-3-4-5-8(2,6)7/h3-5H,1H2,2H3/b5-4+. The topological polar surface area (TPSA) is 34.1 Å². The van der Waals surface area contributed by atoms with Crippen molar-refractivity contribution in [1.29, 1.82) is 0 Å². The fourth-order valence-corrected chi connectivity index (χ4v) is 0.595. The molecule has 0 N–H and O–H groups in total. The van der Waals surface area contributed by atoms with E-state index in [1.54, 1.807) is 0 Å². The first-order valence-corrected chi connectivity index (χ1v) is 4.01. The van der Waals surface area contributed by atoms with Crippen molar-refractivity contribution in [3.8, 4) is 0 Å². The molecular formula is C5H8O2S. The summed E-state index contributed by atoms with van der Waals surface area (Å²) in [4.78, 5) is 0. The molecule has 0 aliphatic heterocycles. The average molecular weight is 132 g/mol. The second-order valence-electron chi connectivity index (χ2n) is 1.39. The number of hydrogen-bond acceptors (Lipinski definition) is 2. The maximum absolute atomic E-state index is 10.3. The van der Waals surface area contributed by atoms with Gasteiger partial charge in [0.2, 0.25) is 0 Å². The van der Waals surface area contributed by atoms with E-state index in [2.05, 4.69) is 6.58 Å². The summed E-state index contributed by atoms with van der Waals surface area (Å²) >= 11 is 0. The van der Waals surface area contributed by atoms with Crippen molar-refractivity contribution >= 4 is 9.84 Å². The van der Waals surface area contributed by atoms with Gasteiger partial charge >= 0.3 is 0 Å². The summed E-state index contributed by atoms with van der Waals surface area (Å²) in [6, 6.07) is 0. The maximum Gasteiger partial charge on any atom is 0.168 e. The van der Waals surface area contributed by atoms with Gasteiger partial charge in [0.25, 0.3) is 0 Å². The van der Waals surface area contributed by atoms with Gasteiger partial charge in [-0.25, -0.2) is 8.42 Å². The summed E-state index contributed by atoms with van der Waals surface area (Å²) in [6.07, 6.45) is 3.93. The Morgan fingerprint density at radius 1 is 1.50 bits per heavy atom. The van der Waals surface area contributed by atoms with Gasteiger partial charge in [0.15, 0.2) is 9.84 Å². The van der Waals surface area contributed by atoms with Crippen molar-refractivity contribution in [2.75, 3.05) is 6.26 Å². The van der Waals surface area contributed by atoms with Gasteiger partial charge in [0.05, 0.1) is 0 Å². The van der Waals surface area contributed by atoms with Crippen LogP contribution in [0.5, 0.6) is 0 Å². The van der Waals surface area contributed by atoms with Crippen LogP contribution in [0.25, 0.3) is 0 Å². The van der Waals surface area contributed by atoms with E-state index in [-0.39, 0.29) is 0 Å². The van der Waals surface area contributed by atoms with Crippen LogP contribution < -0.4 is 0 Å². The van der Waals surface area contributed by atoms with Gasteiger partial charge in [-0.1, -0.05) is 18.7 Å². The predicted octanol–water partition coefficient (Wildman–Crippen LogP) is 0.731. The summed E-state index contributed by atoms with van der Waals surface area (Å²) in [5, 5.41) is 1.10. The molecule has 0 aromatic carbocycles. The van der Waals surface area contributed by atoms with E-state index in [0.29, 0.717) is 0 Å². The van der Waals surface area contributed by atoms with E-state index in [0.717, 1.165) is 11.7 Å². The third kappa shape index (κ3) is 5.43. The van der Waals surface area contributed by atoms with Crippen molar-refractivity contribution in [1.82, 2.24) is 0 Å². The van der Waals surface area contributed by atoms with E-state index in [1.807, 2.05) is 0 Å². The van der Waals surface area contributed by atoms with Crippen LogP contribution in [0.2, 0.25) is 0 Å². The first kappa shape index (κ1) is 7.43. The third-order valence-electron chi connectivity index (χ3n) is 0.462. The van der Waals surface area contributed by atoms with Gasteiger partial charge in [-0.05, 0) is 0 Å². The van der Waals surface area contributed by atoms with Gasteiger partial charge in [0, 0.05) is 11.7 Å². The van der Waals surface area contributed by atoms with Crippen LogP contribution >= 0.6 is 0 Å². The van der Waals surface area contributed by atoms with Crippen LogP contribution in [0, 0.1) is 0 Å². The summed E-state index contributed by atoms with van der Waals surface area (Å²) in [6.45, 7) is 3.31. The Morgan fingerprint density at radius 3 is 2.12 bits per heavy atom. The van der Waals surface area contributed by atoms with Crippen LogP contribution in [-0.2, 0) is 9.84 Å². The molecule has 0 saturated carbocycles. The summed E-state index contributed by atoms with van der Waals surface area (Å²) < 4.78 is 20.5.